The van der Waals surface area contributed by atoms with Crippen LogP contribution in [0.4, 0.5) is 9.59 Å². The first-order chi connectivity index (χ1) is 6.56. The molecule has 0 aromatic carbocycles. The Morgan fingerprint density at radius 3 is 2.93 bits per heavy atom. The second-order valence-corrected chi connectivity index (χ2v) is 2.76. The third kappa shape index (κ3) is 2.02. The van der Waals surface area contributed by atoms with Gasteiger partial charge >= 0.3 is 12.1 Å². The number of amides is 3. The summed E-state index contributed by atoms with van der Waals surface area (Å²) in [6, 6.07) is -0.684. The normalized spacial score (nSPS) is 21.4. The van der Waals surface area contributed by atoms with Gasteiger partial charge in [-0.05, 0) is 19.9 Å². The number of imide groups is 1. The van der Waals surface area contributed by atoms with Gasteiger partial charge in [0.25, 0.3) is 0 Å². The number of urea groups is 1. The minimum atomic E-state index is -1.26. The number of nitrogens with zero attached hydrogens (tertiary/aromatic N) is 1. The number of carbonyl (C=O) groups excluding carboxylic acids is 2. The van der Waals surface area contributed by atoms with Crippen LogP contribution in [0.1, 0.15) is 13.8 Å². The van der Waals surface area contributed by atoms with Crippen LogP contribution in [0.15, 0.2) is 11.8 Å². The highest BCUT2D eigenvalue weighted by molar-refractivity contribution is 5.93. The molecule has 2 N–H and O–H groups in total. The van der Waals surface area contributed by atoms with Crippen molar-refractivity contribution in [3.63, 3.8) is 0 Å². The molecule has 6 nitrogen and oxygen atoms in total. The molecule has 0 bridgehead atoms. The summed E-state index contributed by atoms with van der Waals surface area (Å²) in [5.74, 6) is 0. The first-order valence-electron chi connectivity index (χ1n) is 4.19. The van der Waals surface area contributed by atoms with Gasteiger partial charge in [-0.25, -0.2) is 9.59 Å². The van der Waals surface area contributed by atoms with Gasteiger partial charge in [-0.1, -0.05) is 0 Å². The van der Waals surface area contributed by atoms with Gasteiger partial charge in [-0.3, -0.25) is 0 Å². The largest absolute Gasteiger partial charge is 0.449 e. The van der Waals surface area contributed by atoms with E-state index in [0.717, 1.165) is 0 Å². The van der Waals surface area contributed by atoms with E-state index >= 15 is 0 Å². The Balaban J connectivity index is 2.78. The molecule has 1 aliphatic heterocycles. The Kier molecular flexibility index (Phi) is 3.08. The highest BCUT2D eigenvalue weighted by atomic mass is 16.6. The molecular weight excluding hydrogens is 188 g/mol. The minimum Gasteiger partial charge on any atom is -0.449 e. The SMILES string of the molecule is CCOC(=O)N1C(=O)NC(C)=CC1O. The molecule has 0 spiro atoms. The van der Waals surface area contributed by atoms with Crippen molar-refractivity contribution in [3.8, 4) is 0 Å². The van der Waals surface area contributed by atoms with E-state index < -0.39 is 18.4 Å². The van der Waals surface area contributed by atoms with Crippen molar-refractivity contribution in [1.29, 1.82) is 0 Å². The van der Waals surface area contributed by atoms with Gasteiger partial charge in [0.1, 0.15) is 0 Å². The zero-order valence-corrected chi connectivity index (χ0v) is 7.98. The molecule has 0 fully saturated rings. The molecule has 1 atom stereocenters. The predicted molar refractivity (Wildman–Crippen MR) is 47.2 cm³/mol. The maximum Gasteiger partial charge on any atom is 0.420 e. The van der Waals surface area contributed by atoms with Crippen molar-refractivity contribution in [2.45, 2.75) is 20.1 Å². The van der Waals surface area contributed by atoms with Gasteiger partial charge in [0.05, 0.1) is 6.61 Å². The van der Waals surface area contributed by atoms with Gasteiger partial charge in [0.2, 0.25) is 0 Å². The average Bonchev–Trinajstić information content (AvgIpc) is 2.01. The number of aliphatic hydroxyl groups excluding tert-OH is 1. The smallest absolute Gasteiger partial charge is 0.420 e. The Bertz CT molecular complexity index is 287. The van der Waals surface area contributed by atoms with Crippen LogP contribution in [0.5, 0.6) is 0 Å². The highest BCUT2D eigenvalue weighted by Crippen LogP contribution is 2.09. The van der Waals surface area contributed by atoms with Gasteiger partial charge in [0.15, 0.2) is 6.23 Å². The summed E-state index contributed by atoms with van der Waals surface area (Å²) in [6.07, 6.45) is -0.776. The lowest BCUT2D eigenvalue weighted by Crippen LogP contribution is -2.52. The Morgan fingerprint density at radius 1 is 1.79 bits per heavy atom. The number of hydrogen-bond donors (Lipinski definition) is 2. The van der Waals surface area contributed by atoms with Crippen LogP contribution >= 0.6 is 0 Å². The van der Waals surface area contributed by atoms with Crippen molar-refractivity contribution < 1.29 is 19.4 Å². The number of nitrogens with one attached hydrogen (secondary N) is 1. The first kappa shape index (κ1) is 10.5. The van der Waals surface area contributed by atoms with E-state index in [1.54, 1.807) is 13.8 Å². The molecule has 1 heterocycles. The molecule has 3 amide bonds. The molecule has 0 saturated carbocycles. The number of aliphatic hydroxyl groups is 1. The number of rotatable bonds is 1. The number of allylic oxidation sites excluding steroid dienone is 1. The third-order valence-corrected chi connectivity index (χ3v) is 1.65. The summed E-state index contributed by atoms with van der Waals surface area (Å²) in [6.45, 7) is 3.38. The average molecular weight is 200 g/mol. The van der Waals surface area contributed by atoms with E-state index in [-0.39, 0.29) is 6.61 Å². The second kappa shape index (κ2) is 4.10. The maximum atomic E-state index is 11.2. The molecular formula is C8H12N2O4. The lowest BCUT2D eigenvalue weighted by molar-refractivity contribution is 0.0441. The third-order valence-electron chi connectivity index (χ3n) is 1.65. The second-order valence-electron chi connectivity index (χ2n) is 2.76. The zero-order chi connectivity index (χ0) is 10.7. The molecule has 0 aliphatic carbocycles. The fourth-order valence-corrected chi connectivity index (χ4v) is 1.07. The summed E-state index contributed by atoms with van der Waals surface area (Å²) in [7, 11) is 0. The topological polar surface area (TPSA) is 78.9 Å². The van der Waals surface area contributed by atoms with Gasteiger partial charge in [0, 0.05) is 5.70 Å². The summed E-state index contributed by atoms with van der Waals surface area (Å²) >= 11 is 0. The lowest BCUT2D eigenvalue weighted by Gasteiger charge is -2.27. The monoisotopic (exact) mass is 200 g/mol. The van der Waals surface area contributed by atoms with E-state index in [2.05, 4.69) is 10.1 Å². The summed E-state index contributed by atoms with van der Waals surface area (Å²) in [5.41, 5.74) is 0.503. The van der Waals surface area contributed by atoms with E-state index in [1.807, 2.05) is 0 Å². The van der Waals surface area contributed by atoms with Crippen molar-refractivity contribution in [2.24, 2.45) is 0 Å². The quantitative estimate of drug-likeness (QED) is 0.641. The Hall–Kier alpha value is -1.56. The number of hydrogen-bond acceptors (Lipinski definition) is 4. The molecule has 0 saturated heterocycles. The highest BCUT2D eigenvalue weighted by Gasteiger charge is 2.31. The molecule has 0 aromatic rings. The van der Waals surface area contributed by atoms with Crippen LogP contribution in [0.3, 0.4) is 0 Å². The van der Waals surface area contributed by atoms with Crippen LogP contribution in [0.25, 0.3) is 0 Å². The molecule has 0 aromatic heterocycles. The number of ether oxygens (including phenoxy) is 1. The van der Waals surface area contributed by atoms with E-state index in [9.17, 15) is 14.7 Å². The number of carbonyl (C=O) groups is 2. The van der Waals surface area contributed by atoms with Crippen LogP contribution in [-0.2, 0) is 4.74 Å². The first-order valence-corrected chi connectivity index (χ1v) is 4.19. The van der Waals surface area contributed by atoms with Gasteiger partial charge in [-0.15, -0.1) is 0 Å². The van der Waals surface area contributed by atoms with E-state index in [0.29, 0.717) is 10.6 Å². The standard InChI is InChI=1S/C8H12N2O4/c1-3-14-8(13)10-6(11)4-5(2)9-7(10)12/h4,6,11H,3H2,1-2H3,(H,9,12). The molecule has 78 valence electrons. The summed E-state index contributed by atoms with van der Waals surface area (Å²) in [5, 5.41) is 11.8. The fourth-order valence-electron chi connectivity index (χ4n) is 1.07. The van der Waals surface area contributed by atoms with Gasteiger partial charge in [-0.2, -0.15) is 4.90 Å². The molecule has 6 heteroatoms. The van der Waals surface area contributed by atoms with E-state index in [4.69, 9.17) is 0 Å². The van der Waals surface area contributed by atoms with Crippen molar-refractivity contribution in [2.75, 3.05) is 6.61 Å². The van der Waals surface area contributed by atoms with Crippen LogP contribution < -0.4 is 5.32 Å². The molecule has 1 rings (SSSR count). The molecule has 14 heavy (non-hydrogen) atoms. The fraction of sp³-hybridized carbons (Fsp3) is 0.500. The molecule has 1 unspecified atom stereocenters. The summed E-state index contributed by atoms with van der Waals surface area (Å²) < 4.78 is 4.59. The van der Waals surface area contributed by atoms with Crippen LogP contribution in [-0.4, -0.2) is 35.0 Å². The maximum absolute atomic E-state index is 11.2. The molecule has 1 aliphatic rings. The minimum absolute atomic E-state index is 0.151. The Morgan fingerprint density at radius 2 is 2.43 bits per heavy atom. The van der Waals surface area contributed by atoms with Crippen molar-refractivity contribution in [3.05, 3.63) is 11.8 Å². The summed E-state index contributed by atoms with van der Waals surface area (Å²) in [4.78, 5) is 23.0. The zero-order valence-electron chi connectivity index (χ0n) is 7.98. The van der Waals surface area contributed by atoms with Crippen molar-refractivity contribution >= 4 is 12.1 Å². The van der Waals surface area contributed by atoms with E-state index in [1.165, 1.54) is 6.08 Å². The van der Waals surface area contributed by atoms with Crippen molar-refractivity contribution in [1.82, 2.24) is 10.2 Å². The Labute approximate surface area is 81.1 Å². The molecule has 0 radical (unpaired) electrons. The van der Waals surface area contributed by atoms with Crippen LogP contribution in [0, 0.1) is 0 Å². The van der Waals surface area contributed by atoms with Crippen LogP contribution in [0.2, 0.25) is 0 Å². The lowest BCUT2D eigenvalue weighted by atomic mass is 10.3. The predicted octanol–water partition coefficient (Wildman–Crippen LogP) is 0.390. The van der Waals surface area contributed by atoms with Gasteiger partial charge < -0.3 is 15.2 Å².